The normalized spacial score (nSPS) is 20.9. The number of aromatic nitrogens is 2. The maximum absolute atomic E-state index is 14.2. The third-order valence-corrected chi connectivity index (χ3v) is 6.35. The number of halogens is 6. The molecule has 1 aromatic heterocycles. The number of oxime groups is 1. The van der Waals surface area contributed by atoms with Gasteiger partial charge in [0.05, 0.1) is 17.8 Å². The molecule has 4 rings (SSSR count). The predicted molar refractivity (Wildman–Crippen MR) is 110 cm³/mol. The van der Waals surface area contributed by atoms with Crippen LogP contribution in [0.25, 0.3) is 0 Å². The van der Waals surface area contributed by atoms with Crippen LogP contribution >= 0.6 is 0 Å². The number of carbonyl (C=O) groups is 1. The number of ketones is 1. The molecule has 1 fully saturated rings. The number of aryl methyl sites for hydroxylation is 2. The fourth-order valence-electron chi connectivity index (χ4n) is 4.20. The molecule has 0 N–H and O–H groups in total. The van der Waals surface area contributed by atoms with Crippen LogP contribution in [0.2, 0.25) is 0 Å². The molecule has 2 aliphatic rings. The molecule has 1 unspecified atom stereocenters. The van der Waals surface area contributed by atoms with Gasteiger partial charge in [-0.15, -0.1) is 0 Å². The SMILES string of the molecule is Cc1ccc(C2=NOC(c3cc(C(F)(F)F)nn3C)(C(F)(F)F)C2)cc1C(=O)CCCC1CC1. The standard InChI is InChI=1S/C23H23F6N3O2/c1-13-6-9-15(10-16(13)18(33)5-3-4-14-7-8-14)17-12-21(34-31-17,23(27,28)29)20-11-19(22(24,25)26)30-32(20)2/h6,9-11,14H,3-5,7-8,12H2,1-2H3. The van der Waals surface area contributed by atoms with Crippen molar-refractivity contribution in [3.63, 3.8) is 0 Å². The molecule has 0 saturated heterocycles. The zero-order chi connectivity index (χ0) is 24.9. The number of carbonyl (C=O) groups excluding carboxylic acids is 1. The van der Waals surface area contributed by atoms with E-state index in [0.717, 1.165) is 19.9 Å². The van der Waals surface area contributed by atoms with Crippen LogP contribution in [-0.2, 0) is 23.7 Å². The van der Waals surface area contributed by atoms with Crippen LogP contribution in [0.4, 0.5) is 26.3 Å². The van der Waals surface area contributed by atoms with E-state index in [1.807, 2.05) is 0 Å². The summed E-state index contributed by atoms with van der Waals surface area (Å²) in [6, 6.07) is 4.95. The van der Waals surface area contributed by atoms with Crippen molar-refractivity contribution in [3.8, 4) is 0 Å². The minimum absolute atomic E-state index is 0.108. The van der Waals surface area contributed by atoms with Crippen LogP contribution in [0.1, 0.15) is 71.4 Å². The molecule has 184 valence electrons. The van der Waals surface area contributed by atoms with Crippen molar-refractivity contribution in [2.45, 2.75) is 63.4 Å². The van der Waals surface area contributed by atoms with Crippen LogP contribution in [0.5, 0.6) is 0 Å². The summed E-state index contributed by atoms with van der Waals surface area (Å²) in [6.45, 7) is 1.74. The fraction of sp³-hybridized carbons (Fsp3) is 0.522. The second-order valence-electron chi connectivity index (χ2n) is 8.96. The van der Waals surface area contributed by atoms with Crippen molar-refractivity contribution in [3.05, 3.63) is 52.3 Å². The summed E-state index contributed by atoms with van der Waals surface area (Å²) in [7, 11) is 0.990. The van der Waals surface area contributed by atoms with E-state index in [1.54, 1.807) is 13.0 Å². The number of nitrogens with zero attached hydrogens (tertiary/aromatic N) is 3. The number of benzene rings is 1. The van der Waals surface area contributed by atoms with Gasteiger partial charge in [-0.1, -0.05) is 36.6 Å². The van der Waals surface area contributed by atoms with E-state index in [0.29, 0.717) is 34.2 Å². The molecule has 2 aromatic rings. The lowest BCUT2D eigenvalue weighted by Gasteiger charge is -2.28. The Labute approximate surface area is 191 Å². The second-order valence-corrected chi connectivity index (χ2v) is 8.96. The topological polar surface area (TPSA) is 56.5 Å². The highest BCUT2D eigenvalue weighted by atomic mass is 19.4. The first-order chi connectivity index (χ1) is 15.8. The summed E-state index contributed by atoms with van der Waals surface area (Å²) in [5.41, 5.74) is -4.19. The number of rotatable bonds is 7. The number of alkyl halides is 6. The third kappa shape index (κ3) is 4.56. The molecule has 1 atom stereocenters. The van der Waals surface area contributed by atoms with Crippen molar-refractivity contribution in [2.24, 2.45) is 18.1 Å². The Morgan fingerprint density at radius 1 is 1.18 bits per heavy atom. The average molecular weight is 487 g/mol. The van der Waals surface area contributed by atoms with Crippen LogP contribution in [-0.4, -0.2) is 27.5 Å². The zero-order valence-corrected chi connectivity index (χ0v) is 18.6. The van der Waals surface area contributed by atoms with E-state index in [1.165, 1.54) is 25.0 Å². The Bertz CT molecular complexity index is 1130. The van der Waals surface area contributed by atoms with E-state index >= 15 is 0 Å². The van der Waals surface area contributed by atoms with Gasteiger partial charge in [0.15, 0.2) is 11.5 Å². The smallest absolute Gasteiger partial charge is 0.372 e. The predicted octanol–water partition coefficient (Wildman–Crippen LogP) is 6.09. The molecule has 1 aliphatic carbocycles. The van der Waals surface area contributed by atoms with Gasteiger partial charge in [0.1, 0.15) is 0 Å². The van der Waals surface area contributed by atoms with Crippen LogP contribution in [0.3, 0.4) is 0 Å². The highest BCUT2D eigenvalue weighted by molar-refractivity contribution is 6.05. The van der Waals surface area contributed by atoms with Gasteiger partial charge in [-0.25, -0.2) is 0 Å². The molecule has 0 bridgehead atoms. The molecule has 11 heteroatoms. The van der Waals surface area contributed by atoms with E-state index in [2.05, 4.69) is 10.3 Å². The average Bonchev–Trinajstić information content (AvgIpc) is 3.28. The van der Waals surface area contributed by atoms with Gasteiger partial charge in [0, 0.05) is 24.6 Å². The summed E-state index contributed by atoms with van der Waals surface area (Å²) in [4.78, 5) is 17.6. The highest BCUT2D eigenvalue weighted by Crippen LogP contribution is 2.49. The monoisotopic (exact) mass is 487 g/mol. The Morgan fingerprint density at radius 3 is 2.47 bits per heavy atom. The molecular formula is C23H23F6N3O2. The molecule has 1 aliphatic heterocycles. The Hall–Kier alpha value is -2.85. The third-order valence-electron chi connectivity index (χ3n) is 6.35. The van der Waals surface area contributed by atoms with E-state index in [9.17, 15) is 31.1 Å². The maximum Gasteiger partial charge on any atom is 0.437 e. The first-order valence-corrected chi connectivity index (χ1v) is 10.9. The molecule has 1 saturated carbocycles. The van der Waals surface area contributed by atoms with E-state index < -0.39 is 35.8 Å². The quantitative estimate of drug-likeness (QED) is 0.351. The molecular weight excluding hydrogens is 464 g/mol. The second kappa shape index (κ2) is 8.42. The largest absolute Gasteiger partial charge is 0.437 e. The first-order valence-electron chi connectivity index (χ1n) is 10.9. The van der Waals surface area contributed by atoms with Gasteiger partial charge in [-0.2, -0.15) is 31.4 Å². The van der Waals surface area contributed by atoms with E-state index in [-0.39, 0.29) is 17.1 Å². The van der Waals surface area contributed by atoms with Gasteiger partial charge in [-0.3, -0.25) is 9.48 Å². The Morgan fingerprint density at radius 2 is 1.88 bits per heavy atom. The van der Waals surface area contributed by atoms with Gasteiger partial charge < -0.3 is 4.84 Å². The molecule has 0 amide bonds. The summed E-state index contributed by atoms with van der Waals surface area (Å²) < 4.78 is 82.3. The summed E-state index contributed by atoms with van der Waals surface area (Å²) in [5, 5.41) is 6.79. The fourth-order valence-corrected chi connectivity index (χ4v) is 4.20. The lowest BCUT2D eigenvalue weighted by atomic mass is 9.88. The van der Waals surface area contributed by atoms with E-state index in [4.69, 9.17) is 4.84 Å². The molecule has 34 heavy (non-hydrogen) atoms. The van der Waals surface area contributed by atoms with Crippen LogP contribution < -0.4 is 0 Å². The van der Waals surface area contributed by atoms with Crippen LogP contribution in [0.15, 0.2) is 29.4 Å². The minimum Gasteiger partial charge on any atom is -0.372 e. The van der Waals surface area contributed by atoms with Crippen LogP contribution in [0, 0.1) is 12.8 Å². The van der Waals surface area contributed by atoms with Gasteiger partial charge in [0.25, 0.3) is 5.60 Å². The number of Topliss-reactive ketones (excluding diaryl/α,β-unsaturated/α-hetero) is 1. The first kappa shape index (κ1) is 24.3. The summed E-state index contributed by atoms with van der Waals surface area (Å²) in [6.07, 6.45) is -6.43. The number of hydrogen-bond donors (Lipinski definition) is 0. The summed E-state index contributed by atoms with van der Waals surface area (Å²) >= 11 is 0. The molecule has 0 spiro atoms. The molecule has 0 radical (unpaired) electrons. The molecule has 2 heterocycles. The van der Waals surface area contributed by atoms with Gasteiger partial charge in [0.2, 0.25) is 0 Å². The molecule has 1 aromatic carbocycles. The minimum atomic E-state index is -5.08. The maximum atomic E-state index is 14.2. The van der Waals surface area contributed by atoms with Gasteiger partial charge in [-0.05, 0) is 37.0 Å². The Balaban J connectivity index is 1.61. The van der Waals surface area contributed by atoms with Crippen molar-refractivity contribution >= 4 is 11.5 Å². The van der Waals surface area contributed by atoms with Crippen molar-refractivity contribution in [2.75, 3.05) is 0 Å². The summed E-state index contributed by atoms with van der Waals surface area (Å²) in [5.74, 6) is 0.577. The zero-order valence-electron chi connectivity index (χ0n) is 18.6. The highest BCUT2D eigenvalue weighted by Gasteiger charge is 2.64. The lowest BCUT2D eigenvalue weighted by molar-refractivity contribution is -0.278. The van der Waals surface area contributed by atoms with Gasteiger partial charge >= 0.3 is 12.4 Å². The lowest BCUT2D eigenvalue weighted by Crippen LogP contribution is -2.44. The van der Waals surface area contributed by atoms with Crippen molar-refractivity contribution in [1.29, 1.82) is 0 Å². The van der Waals surface area contributed by atoms with Crippen molar-refractivity contribution in [1.82, 2.24) is 9.78 Å². The number of hydrogen-bond acceptors (Lipinski definition) is 4. The molecule has 5 nitrogen and oxygen atoms in total. The Kier molecular flexibility index (Phi) is 6.02. The van der Waals surface area contributed by atoms with Crippen molar-refractivity contribution < 1.29 is 36.0 Å².